The van der Waals surface area contributed by atoms with Crippen LogP contribution in [-0.2, 0) is 5.75 Å². The zero-order valence-electron chi connectivity index (χ0n) is 9.86. The predicted octanol–water partition coefficient (Wildman–Crippen LogP) is 3.20. The van der Waals surface area contributed by atoms with Crippen molar-refractivity contribution in [1.29, 1.82) is 0 Å². The van der Waals surface area contributed by atoms with Gasteiger partial charge in [0, 0.05) is 5.75 Å². The van der Waals surface area contributed by atoms with Gasteiger partial charge < -0.3 is 10.5 Å². The van der Waals surface area contributed by atoms with E-state index in [-0.39, 0.29) is 5.75 Å². The van der Waals surface area contributed by atoms with Gasteiger partial charge in [-0.1, -0.05) is 11.8 Å². The van der Waals surface area contributed by atoms with Crippen molar-refractivity contribution in [3.8, 4) is 5.75 Å². The van der Waals surface area contributed by atoms with Crippen LogP contribution in [0.2, 0.25) is 0 Å². The number of amidine groups is 2. The fraction of sp³-hybridized carbons (Fsp3) is 0.273. The average Bonchev–Trinajstić information content (AvgIpc) is 2.26. The molecule has 0 unspecified atom stereocenters. The van der Waals surface area contributed by atoms with E-state index in [2.05, 4.69) is 14.7 Å². The van der Waals surface area contributed by atoms with Crippen molar-refractivity contribution in [2.24, 2.45) is 15.7 Å². The average molecular weight is 289 g/mol. The predicted molar refractivity (Wildman–Crippen MR) is 68.8 cm³/mol. The zero-order chi connectivity index (χ0) is 14.0. The highest BCUT2D eigenvalue weighted by Crippen LogP contribution is 2.35. The Kier molecular flexibility index (Phi) is 3.70. The Morgan fingerprint density at radius 1 is 1.47 bits per heavy atom. The molecule has 1 aromatic rings. The standard InChI is InChI=1S/C11H10F3N3OS/c1-6(15)16-10-17-9-3-2-8(18-11(12,13)14)4-7(9)5-19-10/h2-4H,5H2,1H3,(H2,15,16,17). The van der Waals surface area contributed by atoms with E-state index in [9.17, 15) is 13.2 Å². The van der Waals surface area contributed by atoms with Gasteiger partial charge in [-0.15, -0.1) is 13.2 Å². The Morgan fingerprint density at radius 3 is 2.84 bits per heavy atom. The van der Waals surface area contributed by atoms with E-state index in [0.717, 1.165) is 0 Å². The lowest BCUT2D eigenvalue weighted by Crippen LogP contribution is -2.17. The highest BCUT2D eigenvalue weighted by atomic mass is 32.2. The van der Waals surface area contributed by atoms with Gasteiger partial charge >= 0.3 is 6.36 Å². The van der Waals surface area contributed by atoms with Crippen molar-refractivity contribution in [2.75, 3.05) is 0 Å². The lowest BCUT2D eigenvalue weighted by atomic mass is 10.2. The maximum atomic E-state index is 12.1. The highest BCUT2D eigenvalue weighted by molar-refractivity contribution is 8.13. The molecule has 1 aromatic carbocycles. The van der Waals surface area contributed by atoms with Crippen molar-refractivity contribution >= 4 is 28.5 Å². The SMILES string of the molecule is CC(N)=NC1=Nc2ccc(OC(F)(F)F)cc2CS1. The van der Waals surface area contributed by atoms with Crippen LogP contribution < -0.4 is 10.5 Å². The summed E-state index contributed by atoms with van der Waals surface area (Å²) >= 11 is 1.31. The van der Waals surface area contributed by atoms with Crippen molar-refractivity contribution < 1.29 is 17.9 Å². The van der Waals surface area contributed by atoms with Crippen molar-refractivity contribution in [3.63, 3.8) is 0 Å². The first kappa shape index (κ1) is 13.7. The number of alkyl halides is 3. The highest BCUT2D eigenvalue weighted by Gasteiger charge is 2.31. The molecule has 0 spiro atoms. The Morgan fingerprint density at radius 2 is 2.21 bits per heavy atom. The van der Waals surface area contributed by atoms with Gasteiger partial charge in [-0.05, 0) is 30.7 Å². The fourth-order valence-corrected chi connectivity index (χ4v) is 2.36. The van der Waals surface area contributed by atoms with E-state index < -0.39 is 6.36 Å². The van der Waals surface area contributed by atoms with E-state index in [4.69, 9.17) is 5.73 Å². The van der Waals surface area contributed by atoms with Crippen LogP contribution in [0.3, 0.4) is 0 Å². The molecule has 102 valence electrons. The van der Waals surface area contributed by atoms with E-state index in [1.165, 1.54) is 30.0 Å². The number of benzene rings is 1. The number of nitrogens with two attached hydrogens (primary N) is 1. The van der Waals surface area contributed by atoms with E-state index in [0.29, 0.717) is 28.0 Å². The Hall–Kier alpha value is -1.70. The molecule has 0 saturated carbocycles. The molecule has 0 aromatic heterocycles. The molecule has 0 bridgehead atoms. The maximum Gasteiger partial charge on any atom is 0.573 e. The normalized spacial score (nSPS) is 15.8. The lowest BCUT2D eigenvalue weighted by molar-refractivity contribution is -0.274. The number of thioether (sulfide) groups is 1. The van der Waals surface area contributed by atoms with Crippen LogP contribution in [0.1, 0.15) is 12.5 Å². The molecule has 0 atom stereocenters. The summed E-state index contributed by atoms with van der Waals surface area (Å²) in [6.07, 6.45) is -4.69. The fourth-order valence-electron chi connectivity index (χ4n) is 1.47. The molecule has 0 saturated heterocycles. The second-order valence-electron chi connectivity index (χ2n) is 3.77. The number of halogens is 3. The molecule has 8 heteroatoms. The summed E-state index contributed by atoms with van der Waals surface area (Å²) < 4.78 is 40.1. The minimum Gasteiger partial charge on any atom is -0.406 e. The van der Waals surface area contributed by atoms with Gasteiger partial charge in [0.1, 0.15) is 5.75 Å². The summed E-state index contributed by atoms with van der Waals surface area (Å²) in [6, 6.07) is 4.02. The summed E-state index contributed by atoms with van der Waals surface area (Å²) in [5.41, 5.74) is 6.69. The number of hydrogen-bond acceptors (Lipinski definition) is 4. The number of aliphatic imine (C=N–C) groups is 2. The molecule has 0 fully saturated rings. The third-order valence-corrected chi connectivity index (χ3v) is 3.03. The van der Waals surface area contributed by atoms with E-state index in [1.54, 1.807) is 6.92 Å². The van der Waals surface area contributed by atoms with Crippen molar-refractivity contribution in [2.45, 2.75) is 19.0 Å². The molecule has 19 heavy (non-hydrogen) atoms. The van der Waals surface area contributed by atoms with Gasteiger partial charge in [0.15, 0.2) is 5.17 Å². The summed E-state index contributed by atoms with van der Waals surface area (Å²) in [7, 11) is 0. The lowest BCUT2D eigenvalue weighted by Gasteiger charge is -2.15. The van der Waals surface area contributed by atoms with Crippen LogP contribution in [0.25, 0.3) is 0 Å². The van der Waals surface area contributed by atoms with Crippen LogP contribution in [0, 0.1) is 0 Å². The van der Waals surface area contributed by atoms with Crippen molar-refractivity contribution in [3.05, 3.63) is 23.8 Å². The van der Waals surface area contributed by atoms with Crippen LogP contribution in [0.5, 0.6) is 5.75 Å². The van der Waals surface area contributed by atoms with Crippen LogP contribution >= 0.6 is 11.8 Å². The van der Waals surface area contributed by atoms with Gasteiger partial charge in [0.25, 0.3) is 0 Å². The van der Waals surface area contributed by atoms with E-state index in [1.807, 2.05) is 0 Å². The van der Waals surface area contributed by atoms with Crippen LogP contribution in [0.15, 0.2) is 28.2 Å². The summed E-state index contributed by atoms with van der Waals surface area (Å²) in [6.45, 7) is 1.64. The molecule has 2 N–H and O–H groups in total. The zero-order valence-corrected chi connectivity index (χ0v) is 10.7. The monoisotopic (exact) mass is 289 g/mol. The Labute approximate surface area is 111 Å². The molecule has 4 nitrogen and oxygen atoms in total. The molecule has 1 aliphatic rings. The van der Waals surface area contributed by atoms with Crippen LogP contribution in [-0.4, -0.2) is 17.4 Å². The van der Waals surface area contributed by atoms with Gasteiger partial charge in [-0.25, -0.2) is 9.98 Å². The quantitative estimate of drug-likeness (QED) is 0.638. The molecule has 0 amide bonds. The van der Waals surface area contributed by atoms with Gasteiger partial charge in [0.2, 0.25) is 0 Å². The number of hydrogen-bond donors (Lipinski definition) is 1. The topological polar surface area (TPSA) is 60.0 Å². The molecule has 0 radical (unpaired) electrons. The largest absolute Gasteiger partial charge is 0.573 e. The third kappa shape index (κ3) is 3.88. The molecule has 0 aliphatic carbocycles. The van der Waals surface area contributed by atoms with Gasteiger partial charge in [0.05, 0.1) is 11.5 Å². The molecule has 1 heterocycles. The molecule has 1 aliphatic heterocycles. The second-order valence-corrected chi connectivity index (χ2v) is 4.72. The third-order valence-electron chi connectivity index (χ3n) is 2.13. The smallest absolute Gasteiger partial charge is 0.406 e. The number of fused-ring (bicyclic) bond motifs is 1. The first-order chi connectivity index (χ1) is 8.83. The first-order valence-corrected chi connectivity index (χ1v) is 6.23. The number of ether oxygens (including phenoxy) is 1. The number of nitrogens with zero attached hydrogens (tertiary/aromatic N) is 2. The summed E-state index contributed by atoms with van der Waals surface area (Å²) in [5, 5.41) is 0.497. The summed E-state index contributed by atoms with van der Waals surface area (Å²) in [4.78, 5) is 8.21. The van der Waals surface area contributed by atoms with Crippen molar-refractivity contribution in [1.82, 2.24) is 0 Å². The minimum atomic E-state index is -4.69. The molecular formula is C11H10F3N3OS. The van der Waals surface area contributed by atoms with Gasteiger partial charge in [-0.3, -0.25) is 0 Å². The first-order valence-electron chi connectivity index (χ1n) is 5.24. The maximum absolute atomic E-state index is 12.1. The minimum absolute atomic E-state index is 0.246. The molecule has 2 rings (SSSR count). The van der Waals surface area contributed by atoms with E-state index >= 15 is 0 Å². The van der Waals surface area contributed by atoms with Crippen LogP contribution in [0.4, 0.5) is 18.9 Å². The Balaban J connectivity index is 2.25. The summed E-state index contributed by atoms with van der Waals surface area (Å²) in [5.74, 6) is 0.607. The van der Waals surface area contributed by atoms with Gasteiger partial charge in [-0.2, -0.15) is 0 Å². The number of rotatable bonds is 1. The molecular weight excluding hydrogens is 279 g/mol. The Bertz CT molecular complexity index is 551. The second kappa shape index (κ2) is 5.12.